The van der Waals surface area contributed by atoms with Gasteiger partial charge in [-0.15, -0.1) is 0 Å². The Labute approximate surface area is 126 Å². The van der Waals surface area contributed by atoms with Crippen molar-refractivity contribution in [3.63, 3.8) is 0 Å². The number of benzene rings is 1. The van der Waals surface area contributed by atoms with Crippen LogP contribution in [-0.2, 0) is 20.9 Å². The molecule has 0 unspecified atom stereocenters. The third-order valence-corrected chi connectivity index (χ3v) is 4.27. The fourth-order valence-corrected chi connectivity index (χ4v) is 2.93. The highest BCUT2D eigenvalue weighted by Crippen LogP contribution is 2.38. The molecule has 2 aliphatic rings. The van der Waals surface area contributed by atoms with Gasteiger partial charge in [0.2, 0.25) is 5.79 Å². The summed E-state index contributed by atoms with van der Waals surface area (Å²) in [5, 5.41) is 4.35. The third-order valence-electron chi connectivity index (χ3n) is 4.27. The number of oxime groups is 1. The molecule has 1 aromatic rings. The van der Waals surface area contributed by atoms with Crippen molar-refractivity contribution in [1.29, 1.82) is 0 Å². The van der Waals surface area contributed by atoms with Gasteiger partial charge < -0.3 is 14.3 Å². The number of hydrogen-bond donors (Lipinski definition) is 0. The SMILES string of the molecule is C[C@H]1OC2(CCCC/C2=N\OCc2ccccc2)O[C@@H]1C. The van der Waals surface area contributed by atoms with Crippen molar-refractivity contribution in [2.24, 2.45) is 5.16 Å². The fraction of sp³-hybridized carbons (Fsp3) is 0.588. The first-order chi connectivity index (χ1) is 10.2. The summed E-state index contributed by atoms with van der Waals surface area (Å²) in [6.45, 7) is 4.58. The topological polar surface area (TPSA) is 40.0 Å². The molecule has 0 N–H and O–H groups in total. The molecule has 3 rings (SSSR count). The van der Waals surface area contributed by atoms with E-state index in [9.17, 15) is 0 Å². The van der Waals surface area contributed by atoms with Crippen LogP contribution in [0.5, 0.6) is 0 Å². The molecule has 4 heteroatoms. The van der Waals surface area contributed by atoms with Crippen LogP contribution in [0.25, 0.3) is 0 Å². The molecule has 1 saturated heterocycles. The predicted molar refractivity (Wildman–Crippen MR) is 81.0 cm³/mol. The zero-order valence-electron chi connectivity index (χ0n) is 12.7. The van der Waals surface area contributed by atoms with Crippen LogP contribution in [0, 0.1) is 0 Å². The summed E-state index contributed by atoms with van der Waals surface area (Å²) in [5.74, 6) is -0.645. The van der Waals surface area contributed by atoms with Crippen molar-refractivity contribution in [2.75, 3.05) is 0 Å². The molecule has 1 heterocycles. The summed E-state index contributed by atoms with van der Waals surface area (Å²) in [7, 11) is 0. The van der Waals surface area contributed by atoms with Crippen LogP contribution in [0.1, 0.15) is 45.1 Å². The maximum Gasteiger partial charge on any atom is 0.212 e. The molecular weight excluding hydrogens is 266 g/mol. The molecule has 0 amide bonds. The minimum Gasteiger partial charge on any atom is -0.391 e. The lowest BCUT2D eigenvalue weighted by Gasteiger charge is -2.32. The summed E-state index contributed by atoms with van der Waals surface area (Å²) < 4.78 is 12.2. The van der Waals surface area contributed by atoms with Crippen LogP contribution in [0.3, 0.4) is 0 Å². The van der Waals surface area contributed by atoms with Gasteiger partial charge in [0.05, 0.1) is 12.2 Å². The van der Waals surface area contributed by atoms with Gasteiger partial charge in [-0.2, -0.15) is 0 Å². The van der Waals surface area contributed by atoms with E-state index < -0.39 is 5.79 Å². The summed E-state index contributed by atoms with van der Waals surface area (Å²) in [5.41, 5.74) is 2.02. The van der Waals surface area contributed by atoms with Crippen LogP contribution in [-0.4, -0.2) is 23.7 Å². The van der Waals surface area contributed by atoms with E-state index in [1.165, 1.54) is 0 Å². The Bertz CT molecular complexity index is 490. The molecule has 1 spiro atoms. The van der Waals surface area contributed by atoms with E-state index >= 15 is 0 Å². The smallest absolute Gasteiger partial charge is 0.212 e. The molecule has 114 valence electrons. The zero-order chi connectivity index (χ0) is 14.7. The lowest BCUT2D eigenvalue weighted by Crippen LogP contribution is -2.43. The van der Waals surface area contributed by atoms with Gasteiger partial charge in [-0.05, 0) is 38.7 Å². The van der Waals surface area contributed by atoms with Crippen LogP contribution in [0.2, 0.25) is 0 Å². The Morgan fingerprint density at radius 2 is 1.86 bits per heavy atom. The monoisotopic (exact) mass is 289 g/mol. The summed E-state index contributed by atoms with van der Waals surface area (Å²) in [6.07, 6.45) is 4.18. The summed E-state index contributed by atoms with van der Waals surface area (Å²) in [4.78, 5) is 5.54. The highest BCUT2D eigenvalue weighted by molar-refractivity contribution is 5.91. The van der Waals surface area contributed by atoms with Crippen molar-refractivity contribution in [3.05, 3.63) is 35.9 Å². The van der Waals surface area contributed by atoms with Crippen molar-refractivity contribution >= 4 is 5.71 Å². The fourth-order valence-electron chi connectivity index (χ4n) is 2.93. The Morgan fingerprint density at radius 3 is 2.57 bits per heavy atom. The maximum absolute atomic E-state index is 6.08. The van der Waals surface area contributed by atoms with E-state index in [2.05, 4.69) is 19.0 Å². The first kappa shape index (κ1) is 14.5. The van der Waals surface area contributed by atoms with Crippen molar-refractivity contribution < 1.29 is 14.3 Å². The van der Waals surface area contributed by atoms with E-state index in [0.717, 1.165) is 37.0 Å². The van der Waals surface area contributed by atoms with Gasteiger partial charge >= 0.3 is 0 Å². The minimum absolute atomic E-state index is 0.0995. The van der Waals surface area contributed by atoms with Crippen molar-refractivity contribution in [2.45, 2.75) is 64.1 Å². The average Bonchev–Trinajstić information content (AvgIpc) is 2.77. The molecule has 2 fully saturated rings. The van der Waals surface area contributed by atoms with Gasteiger partial charge in [0.15, 0.2) is 0 Å². The molecule has 2 atom stereocenters. The third kappa shape index (κ3) is 3.11. The highest BCUT2D eigenvalue weighted by atomic mass is 16.8. The van der Waals surface area contributed by atoms with Crippen LogP contribution < -0.4 is 0 Å². The van der Waals surface area contributed by atoms with Crippen LogP contribution in [0.4, 0.5) is 0 Å². The van der Waals surface area contributed by atoms with Gasteiger partial charge in [-0.1, -0.05) is 35.5 Å². The Kier molecular flexibility index (Phi) is 4.27. The quantitative estimate of drug-likeness (QED) is 0.797. The zero-order valence-corrected chi connectivity index (χ0v) is 12.7. The molecule has 1 saturated carbocycles. The van der Waals surface area contributed by atoms with Gasteiger partial charge in [0, 0.05) is 6.42 Å². The van der Waals surface area contributed by atoms with Crippen molar-refractivity contribution in [1.82, 2.24) is 0 Å². The molecule has 1 aliphatic heterocycles. The van der Waals surface area contributed by atoms with Crippen LogP contribution in [0.15, 0.2) is 35.5 Å². The molecule has 0 bridgehead atoms. The summed E-state index contributed by atoms with van der Waals surface area (Å²) >= 11 is 0. The number of nitrogens with zero attached hydrogens (tertiary/aromatic N) is 1. The van der Waals surface area contributed by atoms with E-state index in [1.54, 1.807) is 0 Å². The van der Waals surface area contributed by atoms with E-state index in [4.69, 9.17) is 14.3 Å². The Morgan fingerprint density at radius 1 is 1.14 bits per heavy atom. The largest absolute Gasteiger partial charge is 0.391 e. The Balaban J connectivity index is 1.68. The van der Waals surface area contributed by atoms with Gasteiger partial charge in [-0.3, -0.25) is 0 Å². The standard InChI is InChI=1S/C17H23NO3/c1-13-14(2)21-17(20-13)11-7-6-10-16(17)18-19-12-15-8-4-3-5-9-15/h3-5,8-9,13-14H,6-7,10-12H2,1-2H3/b18-16+/t13-,14-/m1/s1. The number of ether oxygens (including phenoxy) is 2. The second-order valence-corrected chi connectivity index (χ2v) is 5.90. The van der Waals surface area contributed by atoms with Gasteiger partial charge in [-0.25, -0.2) is 0 Å². The number of hydrogen-bond acceptors (Lipinski definition) is 4. The normalized spacial score (nSPS) is 29.9. The van der Waals surface area contributed by atoms with E-state index in [1.807, 2.05) is 30.3 Å². The molecule has 0 radical (unpaired) electrons. The molecule has 21 heavy (non-hydrogen) atoms. The van der Waals surface area contributed by atoms with Crippen LogP contribution >= 0.6 is 0 Å². The van der Waals surface area contributed by atoms with Gasteiger partial charge in [0.25, 0.3) is 0 Å². The first-order valence-electron chi connectivity index (χ1n) is 7.78. The van der Waals surface area contributed by atoms with Crippen molar-refractivity contribution in [3.8, 4) is 0 Å². The maximum atomic E-state index is 6.08. The highest BCUT2D eigenvalue weighted by Gasteiger charge is 2.49. The molecule has 4 nitrogen and oxygen atoms in total. The minimum atomic E-state index is -0.645. The molecule has 1 aromatic carbocycles. The van der Waals surface area contributed by atoms with E-state index in [0.29, 0.717) is 6.61 Å². The van der Waals surface area contributed by atoms with E-state index in [-0.39, 0.29) is 12.2 Å². The first-order valence-corrected chi connectivity index (χ1v) is 7.78. The second kappa shape index (κ2) is 6.16. The predicted octanol–water partition coefficient (Wildman–Crippen LogP) is 3.65. The molecule has 1 aliphatic carbocycles. The molecule has 0 aromatic heterocycles. The molecular formula is C17H23NO3. The lowest BCUT2D eigenvalue weighted by molar-refractivity contribution is -0.130. The summed E-state index contributed by atoms with van der Waals surface area (Å²) in [6, 6.07) is 10.1. The van der Waals surface area contributed by atoms with Gasteiger partial charge in [0.1, 0.15) is 12.3 Å². The lowest BCUT2D eigenvalue weighted by atomic mass is 9.92. The second-order valence-electron chi connectivity index (χ2n) is 5.90. The average molecular weight is 289 g/mol. The Hall–Kier alpha value is -1.39. The number of rotatable bonds is 3.